The third kappa shape index (κ3) is 8.75. The van der Waals surface area contributed by atoms with Crippen molar-refractivity contribution in [3.8, 4) is 0 Å². The van der Waals surface area contributed by atoms with Gasteiger partial charge in [-0.15, -0.1) is 0 Å². The average molecular weight is 169 g/mol. The summed E-state index contributed by atoms with van der Waals surface area (Å²) >= 11 is 0. The van der Waals surface area contributed by atoms with Gasteiger partial charge in [0, 0.05) is 68.8 Å². The maximum Gasteiger partial charge on any atom is 0.0106 e. The molecule has 0 unspecified atom stereocenters. The van der Waals surface area contributed by atoms with Crippen LogP contribution in [-0.2, 0) is 0 Å². The fraction of sp³-hybridized carbons (Fsp3) is 1.00. The van der Waals surface area contributed by atoms with Crippen molar-refractivity contribution < 1.29 is 0 Å². The summed E-state index contributed by atoms with van der Waals surface area (Å²) in [5.41, 5.74) is 16.1. The van der Waals surface area contributed by atoms with E-state index < -0.39 is 0 Å². The number of hydrogen-bond donors (Lipinski definition) is 3. The average Bonchev–Trinajstić information content (AvgIpc) is 1.90. The molecule has 0 bridgehead atoms. The zero-order valence-electron chi connectivity index (χ0n) is 7.42. The Bertz CT molecular complexity index is 57.3. The third-order valence-electron chi connectivity index (χ3n) is 1.34. The van der Waals surface area contributed by atoms with Crippen LogP contribution in [0.4, 0.5) is 0 Å². The molecule has 0 aromatic rings. The van der Waals surface area contributed by atoms with Gasteiger partial charge in [0.1, 0.15) is 0 Å². The van der Waals surface area contributed by atoms with Gasteiger partial charge >= 0.3 is 0 Å². The first-order chi connectivity index (χ1) is 4.85. The molecule has 6 N–H and O–H groups in total. The van der Waals surface area contributed by atoms with E-state index in [0.29, 0.717) is 19.6 Å². The molecular weight excluding hydrogens is 151 g/mol. The standard InChI is InChI=1S/C6H18N4.Na/c7-1-4-10(5-2-8)6-3-9;/h1-9H2;. The van der Waals surface area contributed by atoms with Gasteiger partial charge in [-0.05, 0) is 0 Å². The Hall–Kier alpha value is 0.840. The molecule has 11 heavy (non-hydrogen) atoms. The Morgan fingerprint density at radius 2 is 1.00 bits per heavy atom. The predicted molar refractivity (Wildman–Crippen MR) is 49.4 cm³/mol. The molecule has 4 nitrogen and oxygen atoms in total. The number of hydrogen-bond acceptors (Lipinski definition) is 4. The topological polar surface area (TPSA) is 81.3 Å². The van der Waals surface area contributed by atoms with Crippen molar-refractivity contribution in [2.75, 3.05) is 39.3 Å². The van der Waals surface area contributed by atoms with Gasteiger partial charge in [0.2, 0.25) is 0 Å². The van der Waals surface area contributed by atoms with Gasteiger partial charge in [0.25, 0.3) is 0 Å². The molecule has 0 aromatic carbocycles. The Kier molecular flexibility index (Phi) is 14.2. The minimum Gasteiger partial charge on any atom is -0.329 e. The zero-order valence-corrected chi connectivity index (χ0v) is 9.42. The SMILES string of the molecule is NCCN(CCN)CCN.[Na]. The summed E-state index contributed by atoms with van der Waals surface area (Å²) in [5.74, 6) is 0. The van der Waals surface area contributed by atoms with E-state index in [1.807, 2.05) is 0 Å². The van der Waals surface area contributed by atoms with Crippen molar-refractivity contribution in [2.24, 2.45) is 17.2 Å². The van der Waals surface area contributed by atoms with Crippen molar-refractivity contribution in [3.05, 3.63) is 0 Å². The summed E-state index contributed by atoms with van der Waals surface area (Å²) in [5, 5.41) is 0. The molecule has 0 spiro atoms. The molecule has 0 saturated heterocycles. The maximum absolute atomic E-state index is 5.37. The van der Waals surface area contributed by atoms with Crippen molar-refractivity contribution in [3.63, 3.8) is 0 Å². The summed E-state index contributed by atoms with van der Waals surface area (Å²) in [4.78, 5) is 2.17. The molecule has 0 atom stereocenters. The minimum absolute atomic E-state index is 0. The summed E-state index contributed by atoms with van der Waals surface area (Å²) in [7, 11) is 0. The quantitative estimate of drug-likeness (QED) is 0.394. The van der Waals surface area contributed by atoms with Gasteiger partial charge in [-0.25, -0.2) is 0 Å². The van der Waals surface area contributed by atoms with E-state index in [1.54, 1.807) is 0 Å². The van der Waals surface area contributed by atoms with E-state index in [4.69, 9.17) is 17.2 Å². The van der Waals surface area contributed by atoms with E-state index in [9.17, 15) is 0 Å². The Balaban J connectivity index is 0. The van der Waals surface area contributed by atoms with Crippen LogP contribution < -0.4 is 17.2 Å². The van der Waals surface area contributed by atoms with Crippen LogP contribution >= 0.6 is 0 Å². The van der Waals surface area contributed by atoms with Crippen LogP contribution in [-0.4, -0.2) is 73.7 Å². The van der Waals surface area contributed by atoms with Crippen LogP contribution in [0.15, 0.2) is 0 Å². The molecule has 0 amide bonds. The van der Waals surface area contributed by atoms with Gasteiger partial charge in [-0.3, -0.25) is 4.90 Å². The molecule has 63 valence electrons. The Morgan fingerprint density at radius 1 is 0.727 bits per heavy atom. The fourth-order valence-electron chi connectivity index (χ4n) is 0.883. The molecule has 0 aliphatic heterocycles. The molecule has 0 rings (SSSR count). The van der Waals surface area contributed by atoms with E-state index in [-0.39, 0.29) is 29.6 Å². The van der Waals surface area contributed by atoms with Crippen LogP contribution in [0.25, 0.3) is 0 Å². The van der Waals surface area contributed by atoms with Crippen molar-refractivity contribution in [1.29, 1.82) is 0 Å². The molecule has 0 saturated carbocycles. The smallest absolute Gasteiger partial charge is 0.0106 e. The van der Waals surface area contributed by atoms with Crippen LogP contribution in [0.5, 0.6) is 0 Å². The molecule has 5 heteroatoms. The van der Waals surface area contributed by atoms with E-state index in [2.05, 4.69) is 4.90 Å². The zero-order chi connectivity index (χ0) is 7.82. The number of nitrogens with zero attached hydrogens (tertiary/aromatic N) is 1. The molecular formula is C6H18N4Na. The van der Waals surface area contributed by atoms with Crippen LogP contribution in [0, 0.1) is 0 Å². The summed E-state index contributed by atoms with van der Waals surface area (Å²) < 4.78 is 0. The second-order valence-electron chi connectivity index (χ2n) is 2.21. The molecule has 0 aliphatic carbocycles. The normalized spacial score (nSPS) is 9.82. The van der Waals surface area contributed by atoms with E-state index >= 15 is 0 Å². The number of rotatable bonds is 6. The number of nitrogens with two attached hydrogens (primary N) is 3. The first kappa shape index (κ1) is 14.4. The summed E-state index contributed by atoms with van der Waals surface area (Å²) in [6.07, 6.45) is 0. The molecule has 0 aliphatic rings. The fourth-order valence-corrected chi connectivity index (χ4v) is 0.883. The van der Waals surface area contributed by atoms with Gasteiger partial charge in [-0.1, -0.05) is 0 Å². The molecule has 0 heterocycles. The van der Waals surface area contributed by atoms with Crippen molar-refractivity contribution in [2.45, 2.75) is 0 Å². The molecule has 0 aromatic heterocycles. The van der Waals surface area contributed by atoms with Crippen molar-refractivity contribution in [1.82, 2.24) is 4.90 Å². The largest absolute Gasteiger partial charge is 0.329 e. The van der Waals surface area contributed by atoms with Gasteiger partial charge < -0.3 is 17.2 Å². The Morgan fingerprint density at radius 3 is 1.18 bits per heavy atom. The minimum atomic E-state index is 0. The van der Waals surface area contributed by atoms with Gasteiger partial charge in [0.05, 0.1) is 0 Å². The first-order valence-corrected chi connectivity index (χ1v) is 3.67. The second kappa shape index (κ2) is 10.8. The Labute approximate surface area is 90.8 Å². The first-order valence-electron chi connectivity index (χ1n) is 3.67. The van der Waals surface area contributed by atoms with Crippen LogP contribution in [0.2, 0.25) is 0 Å². The maximum atomic E-state index is 5.37. The predicted octanol–water partition coefficient (Wildman–Crippen LogP) is -2.22. The van der Waals surface area contributed by atoms with E-state index in [1.165, 1.54) is 0 Å². The summed E-state index contributed by atoms with van der Waals surface area (Å²) in [6.45, 7) is 4.73. The third-order valence-corrected chi connectivity index (χ3v) is 1.34. The van der Waals surface area contributed by atoms with Crippen LogP contribution in [0.3, 0.4) is 0 Å². The molecule has 0 fully saturated rings. The molecule has 1 radical (unpaired) electrons. The van der Waals surface area contributed by atoms with Crippen molar-refractivity contribution >= 4 is 29.6 Å². The second-order valence-corrected chi connectivity index (χ2v) is 2.21. The van der Waals surface area contributed by atoms with Gasteiger partial charge in [0.15, 0.2) is 0 Å². The van der Waals surface area contributed by atoms with E-state index in [0.717, 1.165) is 19.6 Å². The van der Waals surface area contributed by atoms with Crippen LogP contribution in [0.1, 0.15) is 0 Å². The summed E-state index contributed by atoms with van der Waals surface area (Å²) in [6, 6.07) is 0. The van der Waals surface area contributed by atoms with Gasteiger partial charge in [-0.2, -0.15) is 0 Å². The monoisotopic (exact) mass is 169 g/mol.